The lowest BCUT2D eigenvalue weighted by Gasteiger charge is -2.49. The number of ether oxygens (including phenoxy) is 1. The van der Waals surface area contributed by atoms with Crippen LogP contribution in [0.5, 0.6) is 0 Å². The van der Waals surface area contributed by atoms with Gasteiger partial charge < -0.3 is 9.64 Å². The quantitative estimate of drug-likeness (QED) is 0.496. The lowest BCUT2D eigenvalue weighted by Crippen LogP contribution is -2.58. The first-order valence-corrected chi connectivity index (χ1v) is 10.9. The summed E-state index contributed by atoms with van der Waals surface area (Å²) in [6.45, 7) is 6.08. The highest BCUT2D eigenvalue weighted by atomic mass is 16.5. The van der Waals surface area contributed by atoms with E-state index < -0.39 is 5.54 Å². The Balaban J connectivity index is 1.57. The minimum Gasteiger partial charge on any atom is -0.377 e. The first-order chi connectivity index (χ1) is 15.7. The van der Waals surface area contributed by atoms with E-state index >= 15 is 0 Å². The molecular formula is C24H23N7O. The normalized spacial score (nSPS) is 19.2. The number of hydrogen-bond donors (Lipinski definition) is 0. The Morgan fingerprint density at radius 3 is 2.78 bits per heavy atom. The first kappa shape index (κ1) is 19.1. The number of morpholine rings is 1. The zero-order chi connectivity index (χ0) is 21.7. The van der Waals surface area contributed by atoms with Crippen molar-refractivity contribution in [1.82, 2.24) is 29.7 Å². The molecule has 0 radical (unpaired) electrons. The van der Waals surface area contributed by atoms with Crippen molar-refractivity contribution in [3.63, 3.8) is 0 Å². The maximum Gasteiger partial charge on any atom is 0.166 e. The highest BCUT2D eigenvalue weighted by molar-refractivity contribution is 5.80. The Hall–Kier alpha value is -3.65. The zero-order valence-corrected chi connectivity index (χ0v) is 18.1. The van der Waals surface area contributed by atoms with Crippen LogP contribution < -0.4 is 4.90 Å². The molecule has 3 aromatic heterocycles. The van der Waals surface area contributed by atoms with E-state index in [1.165, 1.54) is 0 Å². The van der Waals surface area contributed by atoms with Crippen LogP contribution in [0.15, 0.2) is 55.0 Å². The summed E-state index contributed by atoms with van der Waals surface area (Å²) in [5.41, 5.74) is 3.57. The number of benzene rings is 1. The summed E-state index contributed by atoms with van der Waals surface area (Å²) in [7, 11) is 0. The number of pyridine rings is 1. The summed E-state index contributed by atoms with van der Waals surface area (Å²) in [6.07, 6.45) is 6.40. The summed E-state index contributed by atoms with van der Waals surface area (Å²) in [5, 5.41) is 8.93. The molecule has 6 rings (SSSR count). The van der Waals surface area contributed by atoms with Crippen LogP contribution in [0.1, 0.15) is 25.0 Å². The molecule has 1 aromatic carbocycles. The molecule has 0 saturated carbocycles. The van der Waals surface area contributed by atoms with Gasteiger partial charge in [-0.05, 0) is 25.0 Å². The molecule has 32 heavy (non-hydrogen) atoms. The number of nitrogens with zero attached hydrogens (tertiary/aromatic N) is 7. The third kappa shape index (κ3) is 2.62. The van der Waals surface area contributed by atoms with Crippen LogP contribution in [-0.4, -0.2) is 49.5 Å². The van der Waals surface area contributed by atoms with Crippen molar-refractivity contribution >= 4 is 5.82 Å². The Labute approximate surface area is 186 Å². The van der Waals surface area contributed by atoms with Crippen molar-refractivity contribution in [2.75, 3.05) is 24.7 Å². The van der Waals surface area contributed by atoms with Gasteiger partial charge in [0.1, 0.15) is 17.1 Å². The van der Waals surface area contributed by atoms with Gasteiger partial charge in [-0.1, -0.05) is 37.3 Å². The van der Waals surface area contributed by atoms with E-state index in [1.54, 1.807) is 6.20 Å². The molecule has 1 saturated heterocycles. The summed E-state index contributed by atoms with van der Waals surface area (Å²) in [5.74, 6) is 3.29. The van der Waals surface area contributed by atoms with E-state index in [1.807, 2.05) is 43.6 Å². The molecule has 8 heteroatoms. The number of aryl methyl sites for hydroxylation is 1. The van der Waals surface area contributed by atoms with Crippen molar-refractivity contribution in [1.29, 1.82) is 0 Å². The average molecular weight is 425 g/mol. The molecular weight excluding hydrogens is 402 g/mol. The molecule has 0 aliphatic carbocycles. The van der Waals surface area contributed by atoms with Gasteiger partial charge in [0, 0.05) is 30.1 Å². The minimum absolute atomic E-state index is 0.390. The fourth-order valence-electron chi connectivity index (χ4n) is 4.88. The van der Waals surface area contributed by atoms with E-state index in [0.29, 0.717) is 19.0 Å². The maximum absolute atomic E-state index is 5.93. The molecule has 0 amide bonds. The monoisotopic (exact) mass is 425 g/mol. The SMILES string of the molecule is CC[C@@]12COCCN1c1nc(-c3ccncc3-c3ccccc3)ncc1-n1c(C)nnc12. The molecule has 2 aliphatic rings. The predicted molar refractivity (Wildman–Crippen MR) is 120 cm³/mol. The summed E-state index contributed by atoms with van der Waals surface area (Å²) >= 11 is 0. The number of anilines is 1. The van der Waals surface area contributed by atoms with Crippen LogP contribution >= 0.6 is 0 Å². The van der Waals surface area contributed by atoms with Crippen LogP contribution in [0.4, 0.5) is 5.82 Å². The molecule has 0 bridgehead atoms. The molecule has 0 unspecified atom stereocenters. The van der Waals surface area contributed by atoms with E-state index in [4.69, 9.17) is 14.7 Å². The standard InChI is InChI=1S/C24H23N7O/c1-3-24-15-32-12-11-30(24)22-20(31-16(2)28-29-23(24)31)14-26-21(27-22)18-9-10-25-13-19(18)17-7-5-4-6-8-17/h4-10,13-14H,3,11-12,15H2,1-2H3/t24-/m0/s1. The maximum atomic E-state index is 5.93. The van der Waals surface area contributed by atoms with Gasteiger partial charge in [0.25, 0.3) is 0 Å². The molecule has 0 spiro atoms. The largest absolute Gasteiger partial charge is 0.377 e. The van der Waals surface area contributed by atoms with Crippen LogP contribution in [0.2, 0.25) is 0 Å². The van der Waals surface area contributed by atoms with E-state index in [9.17, 15) is 0 Å². The first-order valence-electron chi connectivity index (χ1n) is 10.9. The fraction of sp³-hybridized carbons (Fsp3) is 0.292. The minimum atomic E-state index is -0.390. The number of aromatic nitrogens is 6. The van der Waals surface area contributed by atoms with Crippen molar-refractivity contribution < 1.29 is 4.74 Å². The number of rotatable bonds is 3. The van der Waals surface area contributed by atoms with E-state index in [2.05, 4.69) is 43.7 Å². The number of hydrogen-bond acceptors (Lipinski definition) is 7. The van der Waals surface area contributed by atoms with E-state index in [0.717, 1.165) is 52.8 Å². The van der Waals surface area contributed by atoms with Crippen molar-refractivity contribution in [3.8, 4) is 28.2 Å². The van der Waals surface area contributed by atoms with Gasteiger partial charge in [-0.3, -0.25) is 9.55 Å². The van der Waals surface area contributed by atoms with Gasteiger partial charge in [-0.15, -0.1) is 10.2 Å². The third-order valence-corrected chi connectivity index (χ3v) is 6.54. The Morgan fingerprint density at radius 2 is 1.94 bits per heavy atom. The highest BCUT2D eigenvalue weighted by Gasteiger charge is 2.49. The molecule has 2 aliphatic heterocycles. The number of fused-ring (bicyclic) bond motifs is 6. The average Bonchev–Trinajstić information content (AvgIpc) is 3.26. The fourth-order valence-corrected chi connectivity index (χ4v) is 4.88. The van der Waals surface area contributed by atoms with Crippen LogP contribution in [0.25, 0.3) is 28.2 Å². The van der Waals surface area contributed by atoms with Gasteiger partial charge in [-0.2, -0.15) is 0 Å². The van der Waals surface area contributed by atoms with Gasteiger partial charge in [0.2, 0.25) is 0 Å². The second-order valence-corrected chi connectivity index (χ2v) is 8.19. The highest BCUT2D eigenvalue weighted by Crippen LogP contribution is 2.45. The van der Waals surface area contributed by atoms with Crippen molar-refractivity contribution in [2.24, 2.45) is 0 Å². The van der Waals surface area contributed by atoms with Gasteiger partial charge in [0.05, 0.1) is 19.4 Å². The van der Waals surface area contributed by atoms with Crippen LogP contribution in [0.3, 0.4) is 0 Å². The summed E-state index contributed by atoms with van der Waals surface area (Å²) in [6, 6.07) is 12.2. The van der Waals surface area contributed by atoms with Crippen LogP contribution in [0, 0.1) is 6.92 Å². The van der Waals surface area contributed by atoms with Gasteiger partial charge in [-0.25, -0.2) is 9.97 Å². The van der Waals surface area contributed by atoms with E-state index in [-0.39, 0.29) is 0 Å². The second kappa shape index (κ2) is 7.20. The van der Waals surface area contributed by atoms with Crippen LogP contribution in [-0.2, 0) is 10.3 Å². The molecule has 8 nitrogen and oxygen atoms in total. The topological polar surface area (TPSA) is 81.9 Å². The molecule has 160 valence electrons. The second-order valence-electron chi connectivity index (χ2n) is 8.19. The predicted octanol–water partition coefficient (Wildman–Crippen LogP) is 3.55. The molecule has 4 aromatic rings. The lowest BCUT2D eigenvalue weighted by molar-refractivity contribution is 0.0390. The molecule has 1 atom stereocenters. The Kier molecular flexibility index (Phi) is 4.29. The summed E-state index contributed by atoms with van der Waals surface area (Å²) in [4.78, 5) is 16.6. The molecule has 1 fully saturated rings. The Bertz CT molecular complexity index is 1300. The van der Waals surface area contributed by atoms with Gasteiger partial charge in [0.15, 0.2) is 17.5 Å². The molecule has 5 heterocycles. The van der Waals surface area contributed by atoms with Gasteiger partial charge >= 0.3 is 0 Å². The summed E-state index contributed by atoms with van der Waals surface area (Å²) < 4.78 is 8.01. The zero-order valence-electron chi connectivity index (χ0n) is 18.1. The third-order valence-electron chi connectivity index (χ3n) is 6.54. The molecule has 0 N–H and O–H groups in total. The smallest absolute Gasteiger partial charge is 0.166 e. The lowest BCUT2D eigenvalue weighted by atomic mass is 9.90. The van der Waals surface area contributed by atoms with Crippen molar-refractivity contribution in [2.45, 2.75) is 25.8 Å². The Morgan fingerprint density at radius 1 is 1.06 bits per heavy atom. The van der Waals surface area contributed by atoms with Crippen molar-refractivity contribution in [3.05, 3.63) is 66.6 Å².